The van der Waals surface area contributed by atoms with Crippen LogP contribution in [0.2, 0.25) is 5.15 Å². The normalized spacial score (nSPS) is 13.6. The van der Waals surface area contributed by atoms with Gasteiger partial charge in [0.05, 0.1) is 6.54 Å². The number of aryl methyl sites for hydroxylation is 1. The van der Waals surface area contributed by atoms with Gasteiger partial charge in [-0.15, -0.1) is 0 Å². The first-order valence-electron chi connectivity index (χ1n) is 6.06. The van der Waals surface area contributed by atoms with Crippen molar-refractivity contribution in [1.82, 2.24) is 9.55 Å². The second-order valence-electron chi connectivity index (χ2n) is 4.57. The molecule has 0 saturated carbocycles. The average Bonchev–Trinajstić information content (AvgIpc) is 2.84. The van der Waals surface area contributed by atoms with Gasteiger partial charge in [0.15, 0.2) is 0 Å². The molecule has 0 atom stereocenters. The van der Waals surface area contributed by atoms with E-state index in [1.807, 2.05) is 16.7 Å². The van der Waals surface area contributed by atoms with E-state index in [4.69, 9.17) is 11.6 Å². The molecule has 0 aliphatic heterocycles. The number of hydrogen-bond acceptors (Lipinski definition) is 2. The Bertz CT molecular complexity index is 631. The van der Waals surface area contributed by atoms with Crippen molar-refractivity contribution in [3.63, 3.8) is 0 Å². The van der Waals surface area contributed by atoms with Crippen LogP contribution in [0.15, 0.2) is 35.3 Å². The fourth-order valence-corrected chi connectivity index (χ4v) is 2.60. The molecule has 0 aromatic carbocycles. The third-order valence-corrected chi connectivity index (χ3v) is 3.60. The molecule has 1 aliphatic rings. The molecule has 3 nitrogen and oxygen atoms in total. The first-order chi connectivity index (χ1) is 8.74. The second-order valence-corrected chi connectivity index (χ2v) is 4.96. The molecule has 0 N–H and O–H groups in total. The van der Waals surface area contributed by atoms with Gasteiger partial charge < -0.3 is 4.57 Å². The summed E-state index contributed by atoms with van der Waals surface area (Å²) in [5, 5.41) is 0.476. The lowest BCUT2D eigenvalue weighted by atomic mass is 10.2. The minimum Gasteiger partial charge on any atom is -0.308 e. The van der Waals surface area contributed by atoms with Gasteiger partial charge in [-0.25, -0.2) is 4.98 Å². The molecular weight excluding hydrogens is 248 g/mol. The molecule has 0 unspecified atom stereocenters. The lowest BCUT2D eigenvalue weighted by molar-refractivity contribution is 0.705. The zero-order valence-corrected chi connectivity index (χ0v) is 10.7. The summed E-state index contributed by atoms with van der Waals surface area (Å²) in [5.41, 5.74) is 3.54. The highest BCUT2D eigenvalue weighted by Gasteiger charge is 2.15. The molecule has 0 fully saturated rings. The zero-order valence-electron chi connectivity index (χ0n) is 9.90. The summed E-state index contributed by atoms with van der Waals surface area (Å²) >= 11 is 5.76. The Kier molecular flexibility index (Phi) is 2.92. The molecule has 3 rings (SSSR count). The summed E-state index contributed by atoms with van der Waals surface area (Å²) in [6, 6.07) is 7.29. The van der Waals surface area contributed by atoms with Gasteiger partial charge in [-0.2, -0.15) is 0 Å². The van der Waals surface area contributed by atoms with E-state index in [9.17, 15) is 4.79 Å². The minimum absolute atomic E-state index is 0.0607. The van der Waals surface area contributed by atoms with E-state index in [2.05, 4.69) is 4.98 Å². The van der Waals surface area contributed by atoms with Crippen LogP contribution in [0, 0.1) is 0 Å². The molecule has 0 saturated heterocycles. The van der Waals surface area contributed by atoms with Gasteiger partial charge in [0, 0.05) is 18.0 Å². The van der Waals surface area contributed by atoms with Crippen molar-refractivity contribution in [2.45, 2.75) is 25.8 Å². The number of rotatable bonds is 2. The molecule has 2 aromatic rings. The van der Waals surface area contributed by atoms with Crippen LogP contribution in [-0.2, 0) is 19.4 Å². The van der Waals surface area contributed by atoms with Crippen molar-refractivity contribution in [2.75, 3.05) is 0 Å². The summed E-state index contributed by atoms with van der Waals surface area (Å²) in [7, 11) is 0. The van der Waals surface area contributed by atoms with E-state index in [0.717, 1.165) is 24.8 Å². The van der Waals surface area contributed by atoms with Crippen molar-refractivity contribution in [3.8, 4) is 0 Å². The van der Waals surface area contributed by atoms with Crippen LogP contribution in [0.4, 0.5) is 0 Å². The predicted molar refractivity (Wildman–Crippen MR) is 71.1 cm³/mol. The smallest absolute Gasteiger partial charge is 0.251 e. The molecule has 1 aliphatic carbocycles. The van der Waals surface area contributed by atoms with E-state index in [1.165, 1.54) is 11.3 Å². The number of halogens is 1. The minimum atomic E-state index is 0.0607. The summed E-state index contributed by atoms with van der Waals surface area (Å²) in [6.07, 6.45) is 4.93. The molecule has 0 amide bonds. The van der Waals surface area contributed by atoms with E-state index in [-0.39, 0.29) is 5.56 Å². The van der Waals surface area contributed by atoms with Crippen LogP contribution in [0.3, 0.4) is 0 Å². The standard InChI is InChI=1S/C14H13ClN2O/c15-13-6-4-10(8-16-13)9-17-12-3-1-2-11(12)5-7-14(17)18/h4-8H,1-3,9H2. The van der Waals surface area contributed by atoms with Crippen LogP contribution in [0.5, 0.6) is 0 Å². The Morgan fingerprint density at radius 1 is 1.22 bits per heavy atom. The van der Waals surface area contributed by atoms with Gasteiger partial charge in [0.25, 0.3) is 5.56 Å². The fourth-order valence-electron chi connectivity index (χ4n) is 2.49. The Balaban J connectivity index is 2.00. The van der Waals surface area contributed by atoms with Gasteiger partial charge in [0.1, 0.15) is 5.15 Å². The van der Waals surface area contributed by atoms with E-state index in [0.29, 0.717) is 11.7 Å². The number of aromatic nitrogens is 2. The monoisotopic (exact) mass is 260 g/mol. The third-order valence-electron chi connectivity index (χ3n) is 3.38. The summed E-state index contributed by atoms with van der Waals surface area (Å²) in [5.74, 6) is 0. The highest BCUT2D eigenvalue weighted by Crippen LogP contribution is 2.20. The Morgan fingerprint density at radius 3 is 2.89 bits per heavy atom. The molecule has 18 heavy (non-hydrogen) atoms. The molecule has 92 valence electrons. The molecule has 2 heterocycles. The van der Waals surface area contributed by atoms with Crippen molar-refractivity contribution in [1.29, 1.82) is 0 Å². The van der Waals surface area contributed by atoms with Crippen molar-refractivity contribution >= 4 is 11.6 Å². The van der Waals surface area contributed by atoms with Gasteiger partial charge in [-0.3, -0.25) is 4.79 Å². The van der Waals surface area contributed by atoms with E-state index < -0.39 is 0 Å². The predicted octanol–water partition coefficient (Wildman–Crippen LogP) is 2.43. The van der Waals surface area contributed by atoms with Crippen LogP contribution in [0.1, 0.15) is 23.2 Å². The van der Waals surface area contributed by atoms with Gasteiger partial charge >= 0.3 is 0 Å². The molecule has 0 radical (unpaired) electrons. The maximum Gasteiger partial charge on any atom is 0.251 e. The van der Waals surface area contributed by atoms with Crippen LogP contribution in [-0.4, -0.2) is 9.55 Å². The van der Waals surface area contributed by atoms with E-state index in [1.54, 1.807) is 18.3 Å². The first-order valence-corrected chi connectivity index (χ1v) is 6.44. The topological polar surface area (TPSA) is 34.9 Å². The van der Waals surface area contributed by atoms with Crippen LogP contribution in [0.25, 0.3) is 0 Å². The van der Waals surface area contributed by atoms with Gasteiger partial charge in [-0.05, 0) is 36.5 Å². The average molecular weight is 261 g/mol. The highest BCUT2D eigenvalue weighted by atomic mass is 35.5. The summed E-state index contributed by atoms with van der Waals surface area (Å²) < 4.78 is 1.85. The molecule has 0 spiro atoms. The van der Waals surface area contributed by atoms with Crippen molar-refractivity contribution in [3.05, 3.63) is 62.8 Å². The second kappa shape index (κ2) is 4.58. The Morgan fingerprint density at radius 2 is 2.11 bits per heavy atom. The van der Waals surface area contributed by atoms with Crippen molar-refractivity contribution < 1.29 is 0 Å². The van der Waals surface area contributed by atoms with Gasteiger partial charge in [0.2, 0.25) is 0 Å². The Labute approximate surface area is 110 Å². The molecular formula is C14H13ClN2O. The summed E-state index contributed by atoms with van der Waals surface area (Å²) in [4.78, 5) is 16.0. The molecule has 2 aromatic heterocycles. The maximum atomic E-state index is 12.0. The molecule has 0 bridgehead atoms. The van der Waals surface area contributed by atoms with Crippen molar-refractivity contribution in [2.24, 2.45) is 0 Å². The fraction of sp³-hybridized carbons (Fsp3) is 0.286. The lowest BCUT2D eigenvalue weighted by Gasteiger charge is -2.11. The van der Waals surface area contributed by atoms with Crippen LogP contribution < -0.4 is 5.56 Å². The number of nitrogens with zero attached hydrogens (tertiary/aromatic N) is 2. The van der Waals surface area contributed by atoms with Crippen LogP contribution >= 0.6 is 11.6 Å². The van der Waals surface area contributed by atoms with Gasteiger partial charge in [-0.1, -0.05) is 23.7 Å². The zero-order chi connectivity index (χ0) is 12.5. The highest BCUT2D eigenvalue weighted by molar-refractivity contribution is 6.29. The largest absolute Gasteiger partial charge is 0.308 e. The number of pyridine rings is 2. The molecule has 4 heteroatoms. The number of fused-ring (bicyclic) bond motifs is 1. The Hall–Kier alpha value is -1.61. The quantitative estimate of drug-likeness (QED) is 0.778. The van der Waals surface area contributed by atoms with E-state index >= 15 is 0 Å². The maximum absolute atomic E-state index is 12.0. The SMILES string of the molecule is O=c1ccc2c(n1Cc1ccc(Cl)nc1)CCC2. The number of hydrogen-bond donors (Lipinski definition) is 0. The first kappa shape index (κ1) is 11.5. The third kappa shape index (κ3) is 2.06. The summed E-state index contributed by atoms with van der Waals surface area (Å²) in [6.45, 7) is 0.576. The lowest BCUT2D eigenvalue weighted by Crippen LogP contribution is -2.23.